The van der Waals surface area contributed by atoms with Crippen LogP contribution in [0.25, 0.3) is 59.7 Å². The number of rotatable bonds is 7. The third-order valence-corrected chi connectivity index (χ3v) is 14.3. The molecular weight excluding hydrogens is 1050 g/mol. The number of hydrogen-bond acceptors (Lipinski definition) is 4. The third kappa shape index (κ3) is 7.79. The maximum Gasteiger partial charge on any atom is 0 e. The standard InChI is InChI=1S/C59H49N4OSe.Pt/c1-38-30-55(60-57-46(38)28-29-65-57)63-51-23-15-14-22-47(51)48-27-26-44(36-54(48)63)64-45-32-41(58(2,3)4)31-43(35-45)61-37-62(53-25-17-16-24-52(53)61)56-49(39-18-10-8-11-19-39)33-42(59(5,6)7)34-50(56)40-20-12-9-13-21-40;/h8-34,37H,1-7H3;/q-3;. The second-order valence-electron chi connectivity index (χ2n) is 19.1. The van der Waals surface area contributed by atoms with Crippen LogP contribution < -0.4 is 14.5 Å². The summed E-state index contributed by atoms with van der Waals surface area (Å²) in [5, 5.41) is 3.51. The van der Waals surface area contributed by atoms with Gasteiger partial charge in [-0.1, -0.05) is 114 Å². The Morgan fingerprint density at radius 1 is 0.576 bits per heavy atom. The fraction of sp³-hybridized carbons (Fsp3) is 0.153. The van der Waals surface area contributed by atoms with E-state index in [0.29, 0.717) is 11.5 Å². The number of anilines is 4. The molecule has 0 bridgehead atoms. The third-order valence-electron chi connectivity index (χ3n) is 12.6. The van der Waals surface area contributed by atoms with Crippen molar-refractivity contribution in [3.63, 3.8) is 0 Å². The van der Waals surface area contributed by atoms with E-state index in [1.807, 2.05) is 6.07 Å². The van der Waals surface area contributed by atoms with Gasteiger partial charge in [0, 0.05) is 49.3 Å². The molecule has 1 aliphatic rings. The molecule has 0 N–H and O–H groups in total. The number of benzene rings is 7. The maximum atomic E-state index is 6.90. The van der Waals surface area contributed by atoms with E-state index in [9.17, 15) is 0 Å². The second-order valence-corrected chi connectivity index (χ2v) is 21.0. The normalized spacial score (nSPS) is 12.8. The average Bonchev–Trinajstić information content (AvgIpc) is 4.03. The number of aryl methyl sites for hydroxylation is 1. The van der Waals surface area contributed by atoms with Crippen molar-refractivity contribution in [1.29, 1.82) is 0 Å². The first-order chi connectivity index (χ1) is 31.4. The summed E-state index contributed by atoms with van der Waals surface area (Å²) in [6.45, 7) is 18.0. The van der Waals surface area contributed by atoms with Crippen molar-refractivity contribution >= 4 is 68.8 Å². The number of hydrogen-bond donors (Lipinski definition) is 0. The topological polar surface area (TPSA) is 33.5 Å². The molecule has 7 heteroatoms. The van der Waals surface area contributed by atoms with Crippen LogP contribution in [0.2, 0.25) is 0 Å². The molecule has 0 atom stereocenters. The Morgan fingerprint density at radius 2 is 1.18 bits per heavy atom. The van der Waals surface area contributed by atoms with Gasteiger partial charge in [0.1, 0.15) is 0 Å². The number of aromatic nitrogens is 2. The number of para-hydroxylation sites is 3. The molecule has 5 nitrogen and oxygen atoms in total. The molecule has 0 saturated heterocycles. The van der Waals surface area contributed by atoms with Crippen LogP contribution in [0.5, 0.6) is 11.5 Å². The number of ether oxygens (including phenoxy) is 1. The van der Waals surface area contributed by atoms with Gasteiger partial charge in [-0.2, -0.15) is 0 Å². The number of pyridine rings is 1. The van der Waals surface area contributed by atoms with Crippen LogP contribution >= 0.6 is 0 Å². The van der Waals surface area contributed by atoms with Gasteiger partial charge in [0.15, 0.2) is 0 Å². The van der Waals surface area contributed by atoms with Crippen molar-refractivity contribution in [2.24, 2.45) is 0 Å². The Balaban J connectivity index is 0.00000511. The van der Waals surface area contributed by atoms with Crippen molar-refractivity contribution in [3.05, 3.63) is 198 Å². The molecule has 10 aromatic rings. The van der Waals surface area contributed by atoms with Gasteiger partial charge in [-0.15, -0.1) is 6.67 Å². The van der Waals surface area contributed by atoms with Crippen molar-refractivity contribution in [2.45, 2.75) is 59.3 Å². The van der Waals surface area contributed by atoms with E-state index in [2.05, 4.69) is 238 Å². The van der Waals surface area contributed by atoms with Gasteiger partial charge in [0.05, 0.1) is 0 Å². The summed E-state index contributed by atoms with van der Waals surface area (Å²) in [7, 11) is 0. The molecule has 4 heterocycles. The first kappa shape index (κ1) is 43.7. The monoisotopic (exact) mass is 1100 g/mol. The Bertz CT molecular complexity index is 3370. The molecule has 3 aromatic heterocycles. The quantitative estimate of drug-likeness (QED) is 0.118. The molecule has 330 valence electrons. The van der Waals surface area contributed by atoms with E-state index >= 15 is 0 Å². The SMILES string of the molecule is Cc1cc(-n2c3[c-]c(Oc4[c-]c(N5[CH-]N(c6c(-c7ccccc7)cc(C(C)(C)C)cc6-c6ccccc6)c6ccccc65)cc(C(C)(C)C)c4)ccc3c3ccccc32)nc2[se]ccc12.[Pt]. The van der Waals surface area contributed by atoms with Crippen molar-refractivity contribution in [3.8, 4) is 39.6 Å². The van der Waals surface area contributed by atoms with E-state index in [4.69, 9.17) is 9.72 Å². The first-order valence-corrected chi connectivity index (χ1v) is 24.1. The Labute approximate surface area is 408 Å². The molecule has 0 saturated carbocycles. The predicted molar refractivity (Wildman–Crippen MR) is 272 cm³/mol. The second kappa shape index (κ2) is 16.9. The zero-order chi connectivity index (χ0) is 44.6. The molecular formula is C59H49N4OPtSe-3. The molecule has 7 aromatic carbocycles. The molecule has 0 fully saturated rings. The van der Waals surface area contributed by atoms with Crippen molar-refractivity contribution in [1.82, 2.24) is 9.55 Å². The van der Waals surface area contributed by atoms with Crippen LogP contribution in [0, 0.1) is 25.7 Å². The number of fused-ring (bicyclic) bond motifs is 5. The largest absolute Gasteiger partial charge is 0 e. The summed E-state index contributed by atoms with van der Waals surface area (Å²) in [5.74, 6) is 2.14. The predicted octanol–water partition coefficient (Wildman–Crippen LogP) is 15.4. The zero-order valence-electron chi connectivity index (χ0n) is 38.1. The summed E-state index contributed by atoms with van der Waals surface area (Å²) in [5.41, 5.74) is 14.3. The Kier molecular flexibility index (Phi) is 11.2. The summed E-state index contributed by atoms with van der Waals surface area (Å²) < 4.78 is 10.3. The van der Waals surface area contributed by atoms with Crippen LogP contribution in [0.3, 0.4) is 0 Å². The van der Waals surface area contributed by atoms with Crippen LogP contribution in [0.4, 0.5) is 22.7 Å². The average molecular weight is 1100 g/mol. The Morgan fingerprint density at radius 3 is 1.85 bits per heavy atom. The summed E-state index contributed by atoms with van der Waals surface area (Å²) in [4.78, 5) is 12.1. The summed E-state index contributed by atoms with van der Waals surface area (Å²) >= 11 is 0.216. The van der Waals surface area contributed by atoms with Crippen LogP contribution in [0.15, 0.2) is 163 Å². The maximum absolute atomic E-state index is 6.90. The van der Waals surface area contributed by atoms with Crippen LogP contribution in [0.1, 0.15) is 58.2 Å². The van der Waals surface area contributed by atoms with Gasteiger partial charge in [0.25, 0.3) is 0 Å². The fourth-order valence-corrected chi connectivity index (χ4v) is 10.9. The minimum atomic E-state index is -0.182. The molecule has 0 radical (unpaired) electrons. The van der Waals surface area contributed by atoms with Crippen molar-refractivity contribution in [2.75, 3.05) is 9.80 Å². The molecule has 0 unspecified atom stereocenters. The zero-order valence-corrected chi connectivity index (χ0v) is 42.1. The van der Waals surface area contributed by atoms with Gasteiger partial charge in [-0.3, -0.25) is 0 Å². The van der Waals surface area contributed by atoms with E-state index in [1.165, 1.54) is 43.2 Å². The molecule has 66 heavy (non-hydrogen) atoms. The fourth-order valence-electron chi connectivity index (χ4n) is 9.13. The molecule has 0 amide bonds. The van der Waals surface area contributed by atoms with E-state index in [-0.39, 0.29) is 46.4 Å². The minimum absolute atomic E-state index is 0. The van der Waals surface area contributed by atoms with E-state index in [0.717, 1.165) is 55.9 Å². The first-order valence-electron chi connectivity index (χ1n) is 22.3. The molecule has 0 aliphatic carbocycles. The van der Waals surface area contributed by atoms with E-state index < -0.39 is 0 Å². The summed E-state index contributed by atoms with van der Waals surface area (Å²) in [6.07, 6.45) is 0. The van der Waals surface area contributed by atoms with Gasteiger partial charge in [0.2, 0.25) is 0 Å². The van der Waals surface area contributed by atoms with Crippen LogP contribution in [-0.2, 0) is 31.9 Å². The smallest absolute Gasteiger partial charge is 0 e. The molecule has 1 aliphatic heterocycles. The van der Waals surface area contributed by atoms with Gasteiger partial charge >= 0.3 is 189 Å². The van der Waals surface area contributed by atoms with Gasteiger partial charge < -0.3 is 4.90 Å². The van der Waals surface area contributed by atoms with Crippen LogP contribution in [-0.4, -0.2) is 24.1 Å². The Hall–Kier alpha value is -6.16. The molecule has 11 rings (SSSR count). The van der Waals surface area contributed by atoms with E-state index in [1.54, 1.807) is 0 Å². The van der Waals surface area contributed by atoms with Gasteiger partial charge in [-0.25, -0.2) is 0 Å². The van der Waals surface area contributed by atoms with Gasteiger partial charge in [-0.05, 0) is 46.4 Å². The summed E-state index contributed by atoms with van der Waals surface area (Å²) in [6, 6.07) is 64.0. The van der Waals surface area contributed by atoms with Crippen molar-refractivity contribution < 1.29 is 25.8 Å². The number of nitrogens with zero attached hydrogens (tertiary/aromatic N) is 4. The molecule has 0 spiro atoms. The minimum Gasteiger partial charge on any atom is 0 e.